The zero-order valence-corrected chi connectivity index (χ0v) is 14.0. The molecule has 8 bridgehead atoms. The van der Waals surface area contributed by atoms with Crippen LogP contribution in [-0.2, 0) is 0 Å². The molecule has 8 aliphatic heterocycles. The van der Waals surface area contributed by atoms with Crippen LogP contribution in [0.5, 0.6) is 0 Å². The van der Waals surface area contributed by atoms with E-state index in [1.807, 2.05) is 0 Å². The molecule has 4 nitrogen and oxygen atoms in total. The maximum atomic E-state index is 2.80. The highest BCUT2D eigenvalue weighted by Crippen LogP contribution is 2.31. The summed E-state index contributed by atoms with van der Waals surface area (Å²) in [5.41, 5.74) is 0. The molecule has 0 aromatic carbocycles. The Morgan fingerprint density at radius 2 is 0.591 bits per heavy atom. The monoisotopic (exact) mass is 304 g/mol. The molecule has 0 spiro atoms. The Balaban J connectivity index is 1.35. The van der Waals surface area contributed by atoms with Crippen LogP contribution in [0.4, 0.5) is 0 Å². The zero-order valence-electron chi connectivity index (χ0n) is 14.0. The van der Waals surface area contributed by atoms with Crippen LogP contribution in [0.3, 0.4) is 0 Å². The molecule has 8 fully saturated rings. The minimum absolute atomic E-state index is 0.952. The SMILES string of the molecule is C1C2CN3CCN4CC5CC(C4)CN(CCN(C2)CC1C3)C5. The second-order valence-corrected chi connectivity index (χ2v) is 8.97. The van der Waals surface area contributed by atoms with E-state index in [0.29, 0.717) is 0 Å². The topological polar surface area (TPSA) is 13.0 Å². The van der Waals surface area contributed by atoms with Gasteiger partial charge in [0.1, 0.15) is 0 Å². The zero-order chi connectivity index (χ0) is 14.5. The molecule has 0 unspecified atom stereocenters. The van der Waals surface area contributed by atoms with Gasteiger partial charge in [-0.3, -0.25) is 0 Å². The number of hydrogen-bond acceptors (Lipinski definition) is 4. The van der Waals surface area contributed by atoms with Crippen LogP contribution in [-0.4, -0.2) is 98.1 Å². The van der Waals surface area contributed by atoms with Crippen LogP contribution in [0, 0.1) is 23.7 Å². The van der Waals surface area contributed by atoms with Crippen LogP contribution in [0.15, 0.2) is 0 Å². The fraction of sp³-hybridized carbons (Fsp3) is 1.00. The fourth-order valence-electron chi connectivity index (χ4n) is 6.29. The average Bonchev–Trinajstić information content (AvgIpc) is 2.49. The predicted molar refractivity (Wildman–Crippen MR) is 89.0 cm³/mol. The third-order valence-electron chi connectivity index (χ3n) is 6.93. The number of hydrogen-bond donors (Lipinski definition) is 0. The highest BCUT2D eigenvalue weighted by molar-refractivity contribution is 4.92. The Labute approximate surface area is 135 Å². The van der Waals surface area contributed by atoms with Crippen molar-refractivity contribution in [2.24, 2.45) is 23.7 Å². The molecule has 8 aliphatic rings. The minimum Gasteiger partial charge on any atom is -0.301 e. The molecule has 0 aromatic heterocycles. The third-order valence-corrected chi connectivity index (χ3v) is 6.93. The Morgan fingerprint density at radius 1 is 0.364 bits per heavy atom. The lowest BCUT2D eigenvalue weighted by Crippen LogP contribution is -2.58. The smallest absolute Gasteiger partial charge is 0.0110 e. The Hall–Kier alpha value is -0.160. The van der Waals surface area contributed by atoms with Gasteiger partial charge in [-0.25, -0.2) is 0 Å². The van der Waals surface area contributed by atoms with E-state index in [2.05, 4.69) is 19.6 Å². The summed E-state index contributed by atoms with van der Waals surface area (Å²) in [5.74, 6) is 3.81. The highest BCUT2D eigenvalue weighted by atomic mass is 15.3. The first kappa shape index (κ1) is 14.2. The van der Waals surface area contributed by atoms with Gasteiger partial charge in [-0.1, -0.05) is 0 Å². The summed E-state index contributed by atoms with van der Waals surface area (Å²) in [6.07, 6.45) is 3.01. The van der Waals surface area contributed by atoms with E-state index in [0.717, 1.165) is 23.7 Å². The quantitative estimate of drug-likeness (QED) is 0.646. The van der Waals surface area contributed by atoms with Crippen LogP contribution in [0.1, 0.15) is 12.8 Å². The summed E-state index contributed by atoms with van der Waals surface area (Å²) in [4.78, 5) is 11.2. The molecule has 0 N–H and O–H groups in total. The minimum atomic E-state index is 0.952. The van der Waals surface area contributed by atoms with Gasteiger partial charge in [-0.2, -0.15) is 0 Å². The van der Waals surface area contributed by atoms with Crippen molar-refractivity contribution in [2.45, 2.75) is 12.8 Å². The van der Waals surface area contributed by atoms with Crippen molar-refractivity contribution in [3.05, 3.63) is 0 Å². The largest absolute Gasteiger partial charge is 0.301 e. The van der Waals surface area contributed by atoms with Crippen molar-refractivity contribution in [2.75, 3.05) is 78.5 Å². The highest BCUT2D eigenvalue weighted by Gasteiger charge is 2.37. The molecule has 8 heterocycles. The lowest BCUT2D eigenvalue weighted by atomic mass is 9.83. The van der Waals surface area contributed by atoms with Gasteiger partial charge in [0.15, 0.2) is 0 Å². The average molecular weight is 304 g/mol. The molecule has 0 atom stereocenters. The second kappa shape index (κ2) is 5.73. The van der Waals surface area contributed by atoms with E-state index in [4.69, 9.17) is 0 Å². The first-order valence-electron chi connectivity index (χ1n) is 9.69. The summed E-state index contributed by atoms with van der Waals surface area (Å²) >= 11 is 0. The molecule has 124 valence electrons. The Bertz CT molecular complexity index is 316. The summed E-state index contributed by atoms with van der Waals surface area (Å²) in [6, 6.07) is 0. The molecule has 0 radical (unpaired) electrons. The normalized spacial score (nSPS) is 54.5. The second-order valence-electron chi connectivity index (χ2n) is 8.97. The predicted octanol–water partition coefficient (Wildman–Crippen LogP) is 0.507. The molecule has 0 aliphatic carbocycles. The fourth-order valence-corrected chi connectivity index (χ4v) is 6.29. The van der Waals surface area contributed by atoms with E-state index in [-0.39, 0.29) is 0 Å². The number of nitrogens with zero attached hydrogens (tertiary/aromatic N) is 4. The van der Waals surface area contributed by atoms with E-state index in [9.17, 15) is 0 Å². The van der Waals surface area contributed by atoms with Gasteiger partial charge in [0.25, 0.3) is 0 Å². The first-order valence-corrected chi connectivity index (χ1v) is 9.69. The van der Waals surface area contributed by atoms with Crippen molar-refractivity contribution < 1.29 is 0 Å². The molecule has 0 saturated carbocycles. The molecule has 0 aromatic rings. The van der Waals surface area contributed by atoms with Crippen molar-refractivity contribution in [1.29, 1.82) is 0 Å². The van der Waals surface area contributed by atoms with Crippen molar-refractivity contribution in [3.63, 3.8) is 0 Å². The van der Waals surface area contributed by atoms with Gasteiger partial charge in [0.05, 0.1) is 0 Å². The van der Waals surface area contributed by atoms with Crippen molar-refractivity contribution >= 4 is 0 Å². The van der Waals surface area contributed by atoms with Gasteiger partial charge in [-0.15, -0.1) is 0 Å². The summed E-state index contributed by atoms with van der Waals surface area (Å²) < 4.78 is 0. The van der Waals surface area contributed by atoms with Crippen LogP contribution in [0.25, 0.3) is 0 Å². The van der Waals surface area contributed by atoms with Crippen molar-refractivity contribution in [1.82, 2.24) is 19.6 Å². The van der Waals surface area contributed by atoms with E-state index in [1.165, 1.54) is 91.4 Å². The lowest BCUT2D eigenvalue weighted by molar-refractivity contribution is -0.0119. The third kappa shape index (κ3) is 2.83. The van der Waals surface area contributed by atoms with E-state index < -0.39 is 0 Å². The standard InChI is InChI=1S/C18H32N4/c1-2-20-9-17-6-18(10-20)14-22(13-17)4-3-21-11-15-5-16(12-21)8-19(1)7-15/h15-18H,1-14H2. The maximum absolute atomic E-state index is 2.80. The van der Waals surface area contributed by atoms with Gasteiger partial charge < -0.3 is 19.6 Å². The molecule has 4 heteroatoms. The van der Waals surface area contributed by atoms with Gasteiger partial charge >= 0.3 is 0 Å². The lowest BCUT2D eigenvalue weighted by Gasteiger charge is -2.50. The Morgan fingerprint density at radius 3 is 0.818 bits per heavy atom. The molecule has 0 amide bonds. The van der Waals surface area contributed by atoms with Gasteiger partial charge in [0, 0.05) is 78.5 Å². The summed E-state index contributed by atoms with van der Waals surface area (Å²) in [5, 5.41) is 0. The summed E-state index contributed by atoms with van der Waals surface area (Å²) in [6.45, 7) is 16.3. The molecule has 22 heavy (non-hydrogen) atoms. The van der Waals surface area contributed by atoms with Gasteiger partial charge in [-0.05, 0) is 36.5 Å². The molecule has 8 rings (SSSR count). The maximum Gasteiger partial charge on any atom is 0.0110 e. The van der Waals surface area contributed by atoms with Crippen LogP contribution >= 0.6 is 0 Å². The van der Waals surface area contributed by atoms with Crippen molar-refractivity contribution in [3.8, 4) is 0 Å². The molecular weight excluding hydrogens is 272 g/mol. The molecular formula is C18H32N4. The number of rotatable bonds is 0. The summed E-state index contributed by atoms with van der Waals surface area (Å²) in [7, 11) is 0. The molecule has 8 saturated heterocycles. The van der Waals surface area contributed by atoms with E-state index >= 15 is 0 Å². The first-order chi connectivity index (χ1) is 10.8. The van der Waals surface area contributed by atoms with Gasteiger partial charge in [0.2, 0.25) is 0 Å². The van der Waals surface area contributed by atoms with Crippen LogP contribution < -0.4 is 0 Å². The van der Waals surface area contributed by atoms with Crippen LogP contribution in [0.2, 0.25) is 0 Å². The number of piperidine rings is 4. The Kier molecular flexibility index (Phi) is 3.70. The van der Waals surface area contributed by atoms with E-state index in [1.54, 1.807) is 0 Å².